The minimum atomic E-state index is -0.625. The van der Waals surface area contributed by atoms with Gasteiger partial charge >= 0.3 is 0 Å². The Kier molecular flexibility index (Phi) is 4.89. The molecule has 1 atom stereocenters. The van der Waals surface area contributed by atoms with Gasteiger partial charge < -0.3 is 16.3 Å². The van der Waals surface area contributed by atoms with Crippen LogP contribution < -0.4 is 11.1 Å². The van der Waals surface area contributed by atoms with Crippen molar-refractivity contribution in [2.24, 2.45) is 22.7 Å². The molecule has 0 saturated heterocycles. The molecule has 1 rings (SSSR count). The van der Waals surface area contributed by atoms with Crippen molar-refractivity contribution in [1.29, 1.82) is 0 Å². The number of hydrogen-bond acceptors (Lipinski definition) is 5. The lowest BCUT2D eigenvalue weighted by Crippen LogP contribution is -2.41. The Morgan fingerprint density at radius 3 is 2.88 bits per heavy atom. The average Bonchev–Trinajstić information content (AvgIpc) is 2.78. The molecule has 1 unspecified atom stereocenters. The highest BCUT2D eigenvalue weighted by Crippen LogP contribution is 2.12. The molecule has 0 radical (unpaired) electrons. The van der Waals surface area contributed by atoms with E-state index in [0.717, 1.165) is 5.01 Å². The normalized spacial score (nSPS) is 13.7. The molecule has 0 aliphatic carbocycles. The number of oxime groups is 1. The Balaban J connectivity index is 2.60. The summed E-state index contributed by atoms with van der Waals surface area (Å²) in [5, 5.41) is 16.9. The van der Waals surface area contributed by atoms with Gasteiger partial charge in [-0.15, -0.1) is 11.3 Å². The molecule has 17 heavy (non-hydrogen) atoms. The van der Waals surface area contributed by atoms with E-state index in [1.54, 1.807) is 6.20 Å². The smallest absolute Gasteiger partial charge is 0.231 e. The molecule has 0 fully saturated rings. The van der Waals surface area contributed by atoms with Gasteiger partial charge in [0.25, 0.3) is 0 Å². The fourth-order valence-corrected chi connectivity index (χ4v) is 2.01. The van der Waals surface area contributed by atoms with Crippen LogP contribution in [0.4, 0.5) is 0 Å². The van der Waals surface area contributed by atoms with E-state index in [2.05, 4.69) is 15.5 Å². The molecule has 94 valence electrons. The monoisotopic (exact) mass is 256 g/mol. The second-order valence-electron chi connectivity index (χ2n) is 3.89. The molecule has 0 saturated carbocycles. The summed E-state index contributed by atoms with van der Waals surface area (Å²) < 4.78 is 0. The van der Waals surface area contributed by atoms with Crippen LogP contribution in [0.5, 0.6) is 0 Å². The molecule has 0 spiro atoms. The predicted molar refractivity (Wildman–Crippen MR) is 65.7 cm³/mol. The van der Waals surface area contributed by atoms with E-state index < -0.39 is 5.92 Å². The fourth-order valence-electron chi connectivity index (χ4n) is 1.45. The highest BCUT2D eigenvalue weighted by Gasteiger charge is 2.26. The van der Waals surface area contributed by atoms with E-state index in [-0.39, 0.29) is 17.7 Å². The summed E-state index contributed by atoms with van der Waals surface area (Å²) in [6, 6.07) is 0. The lowest BCUT2D eigenvalue weighted by Gasteiger charge is -2.18. The van der Waals surface area contributed by atoms with Crippen molar-refractivity contribution in [2.75, 3.05) is 0 Å². The Bertz CT molecular complexity index is 389. The highest BCUT2D eigenvalue weighted by atomic mass is 32.1. The first kappa shape index (κ1) is 13.4. The summed E-state index contributed by atoms with van der Waals surface area (Å²) in [5.41, 5.74) is 5.49. The van der Waals surface area contributed by atoms with Crippen LogP contribution in [0.2, 0.25) is 0 Å². The standard InChI is InChI=1S/C10H16N4O2S/c1-6(2)8(9(11)14-16)10(15)13-5-7-12-3-4-17-7/h3-4,6,8,16H,5H2,1-2H3,(H2,11,14)(H,13,15). The van der Waals surface area contributed by atoms with E-state index in [9.17, 15) is 4.79 Å². The zero-order valence-electron chi connectivity index (χ0n) is 9.75. The minimum absolute atomic E-state index is 0.0396. The van der Waals surface area contributed by atoms with Gasteiger partial charge in [0.15, 0.2) is 5.84 Å². The van der Waals surface area contributed by atoms with Crippen LogP contribution in [0.25, 0.3) is 0 Å². The molecule has 1 aromatic heterocycles. The van der Waals surface area contributed by atoms with Crippen LogP contribution in [-0.4, -0.2) is 21.9 Å². The third-order valence-electron chi connectivity index (χ3n) is 2.28. The third kappa shape index (κ3) is 3.70. The number of thiazole rings is 1. The maximum absolute atomic E-state index is 11.9. The molecule has 0 aliphatic rings. The maximum atomic E-state index is 11.9. The lowest BCUT2D eigenvalue weighted by molar-refractivity contribution is -0.124. The number of nitrogens with two attached hydrogens (primary N) is 1. The van der Waals surface area contributed by atoms with Crippen molar-refractivity contribution in [1.82, 2.24) is 10.3 Å². The third-order valence-corrected chi connectivity index (χ3v) is 3.06. The van der Waals surface area contributed by atoms with Crippen LogP contribution >= 0.6 is 11.3 Å². The summed E-state index contributed by atoms with van der Waals surface area (Å²) in [4.78, 5) is 15.9. The first-order valence-electron chi connectivity index (χ1n) is 5.19. The van der Waals surface area contributed by atoms with Gasteiger partial charge in [-0.25, -0.2) is 4.98 Å². The molecular formula is C10H16N4O2S. The zero-order chi connectivity index (χ0) is 12.8. The molecule has 0 aromatic carbocycles. The van der Waals surface area contributed by atoms with Gasteiger partial charge in [-0.2, -0.15) is 0 Å². The number of carbonyl (C=O) groups excluding carboxylic acids is 1. The minimum Gasteiger partial charge on any atom is -0.409 e. The number of amides is 1. The zero-order valence-corrected chi connectivity index (χ0v) is 10.6. The van der Waals surface area contributed by atoms with Crippen LogP contribution in [-0.2, 0) is 11.3 Å². The Morgan fingerprint density at radius 2 is 2.41 bits per heavy atom. The summed E-state index contributed by atoms with van der Waals surface area (Å²) in [6.45, 7) is 4.04. The number of rotatable bonds is 5. The van der Waals surface area contributed by atoms with Crippen LogP contribution in [0.15, 0.2) is 16.7 Å². The maximum Gasteiger partial charge on any atom is 0.231 e. The van der Waals surface area contributed by atoms with Crippen molar-refractivity contribution in [3.8, 4) is 0 Å². The number of nitrogens with one attached hydrogen (secondary N) is 1. The molecule has 1 aromatic rings. The van der Waals surface area contributed by atoms with Crippen molar-refractivity contribution < 1.29 is 10.0 Å². The quantitative estimate of drug-likeness (QED) is 0.313. The van der Waals surface area contributed by atoms with Gasteiger partial charge in [0, 0.05) is 11.6 Å². The first-order chi connectivity index (χ1) is 8.06. The van der Waals surface area contributed by atoms with E-state index in [1.165, 1.54) is 11.3 Å². The second-order valence-corrected chi connectivity index (χ2v) is 4.87. The molecule has 0 aliphatic heterocycles. The van der Waals surface area contributed by atoms with Crippen LogP contribution in [0.1, 0.15) is 18.9 Å². The fraction of sp³-hybridized carbons (Fsp3) is 0.500. The number of nitrogens with zero attached hydrogens (tertiary/aromatic N) is 2. The topological polar surface area (TPSA) is 101 Å². The molecular weight excluding hydrogens is 240 g/mol. The number of amidine groups is 1. The van der Waals surface area contributed by atoms with Gasteiger partial charge in [0.1, 0.15) is 10.9 Å². The number of carbonyl (C=O) groups is 1. The van der Waals surface area contributed by atoms with Crippen molar-refractivity contribution in [3.05, 3.63) is 16.6 Å². The van der Waals surface area contributed by atoms with Crippen LogP contribution in [0, 0.1) is 11.8 Å². The van der Waals surface area contributed by atoms with E-state index in [1.807, 2.05) is 19.2 Å². The van der Waals surface area contributed by atoms with Gasteiger partial charge in [-0.1, -0.05) is 19.0 Å². The average molecular weight is 256 g/mol. The Morgan fingerprint density at radius 1 is 1.71 bits per heavy atom. The summed E-state index contributed by atoms with van der Waals surface area (Å²) >= 11 is 1.46. The van der Waals surface area contributed by atoms with Crippen molar-refractivity contribution >= 4 is 23.1 Å². The van der Waals surface area contributed by atoms with E-state index >= 15 is 0 Å². The van der Waals surface area contributed by atoms with Gasteiger partial charge in [-0.05, 0) is 5.92 Å². The highest BCUT2D eigenvalue weighted by molar-refractivity contribution is 7.09. The second kappa shape index (κ2) is 6.19. The molecule has 4 N–H and O–H groups in total. The Hall–Kier alpha value is -1.63. The summed E-state index contributed by atoms with van der Waals surface area (Å²) in [5.74, 6) is -0.996. The van der Waals surface area contributed by atoms with E-state index in [4.69, 9.17) is 10.9 Å². The van der Waals surface area contributed by atoms with Gasteiger partial charge in [0.2, 0.25) is 5.91 Å². The first-order valence-corrected chi connectivity index (χ1v) is 6.07. The number of hydrogen-bond donors (Lipinski definition) is 3. The summed E-state index contributed by atoms with van der Waals surface area (Å²) in [6.07, 6.45) is 1.68. The predicted octanol–water partition coefficient (Wildman–Crippen LogP) is 0.778. The van der Waals surface area contributed by atoms with Crippen molar-refractivity contribution in [2.45, 2.75) is 20.4 Å². The molecule has 0 bridgehead atoms. The molecule has 7 heteroatoms. The van der Waals surface area contributed by atoms with Crippen molar-refractivity contribution in [3.63, 3.8) is 0 Å². The van der Waals surface area contributed by atoms with Gasteiger partial charge in [-0.3, -0.25) is 4.79 Å². The molecule has 1 amide bonds. The van der Waals surface area contributed by atoms with Gasteiger partial charge in [0.05, 0.1) is 6.54 Å². The number of aromatic nitrogens is 1. The van der Waals surface area contributed by atoms with Crippen LogP contribution in [0.3, 0.4) is 0 Å². The Labute approximate surface area is 104 Å². The largest absolute Gasteiger partial charge is 0.409 e. The molecule has 6 nitrogen and oxygen atoms in total. The molecule has 1 heterocycles. The summed E-state index contributed by atoms with van der Waals surface area (Å²) in [7, 11) is 0. The van der Waals surface area contributed by atoms with E-state index in [0.29, 0.717) is 6.54 Å². The lowest BCUT2D eigenvalue weighted by atomic mass is 9.94. The SMILES string of the molecule is CC(C)C(C(=O)NCc1nccs1)C(N)=NO.